The van der Waals surface area contributed by atoms with Gasteiger partial charge in [0.2, 0.25) is 0 Å². The van der Waals surface area contributed by atoms with Gasteiger partial charge in [-0.1, -0.05) is 26.0 Å². The van der Waals surface area contributed by atoms with Crippen LogP contribution in [0.15, 0.2) is 12.2 Å². The Balaban J connectivity index is 2.09. The van der Waals surface area contributed by atoms with Crippen molar-refractivity contribution in [2.75, 3.05) is 26.2 Å². The van der Waals surface area contributed by atoms with Crippen molar-refractivity contribution in [2.24, 2.45) is 11.1 Å². The molecule has 0 aromatic rings. The van der Waals surface area contributed by atoms with Gasteiger partial charge in [-0.3, -0.25) is 4.90 Å². The second kappa shape index (κ2) is 3.37. The maximum Gasteiger partial charge on any atom is 0.0164 e. The summed E-state index contributed by atoms with van der Waals surface area (Å²) in [7, 11) is 0. The zero-order valence-electron chi connectivity index (χ0n) is 7.51. The van der Waals surface area contributed by atoms with Gasteiger partial charge < -0.3 is 5.73 Å². The maximum absolute atomic E-state index is 5.32. The normalized spacial score (nSPS) is 23.9. The van der Waals surface area contributed by atoms with Crippen molar-refractivity contribution in [1.29, 1.82) is 0 Å². The van der Waals surface area contributed by atoms with Gasteiger partial charge in [-0.25, -0.2) is 0 Å². The van der Waals surface area contributed by atoms with E-state index >= 15 is 0 Å². The Morgan fingerprint density at radius 2 is 2.00 bits per heavy atom. The summed E-state index contributed by atoms with van der Waals surface area (Å²) in [5.74, 6) is 0. The van der Waals surface area contributed by atoms with Gasteiger partial charge in [0.05, 0.1) is 0 Å². The van der Waals surface area contributed by atoms with Crippen LogP contribution >= 0.6 is 0 Å². The van der Waals surface area contributed by atoms with Crippen molar-refractivity contribution in [3.63, 3.8) is 0 Å². The predicted molar refractivity (Wildman–Crippen MR) is 48.4 cm³/mol. The molecule has 2 nitrogen and oxygen atoms in total. The van der Waals surface area contributed by atoms with Gasteiger partial charge in [0.15, 0.2) is 0 Å². The predicted octanol–water partition coefficient (Wildman–Crippen LogP) is 0.843. The monoisotopic (exact) mass is 154 g/mol. The fourth-order valence-corrected chi connectivity index (χ4v) is 1.61. The molecule has 0 spiro atoms. The summed E-state index contributed by atoms with van der Waals surface area (Å²) in [6.45, 7) is 8.79. The molecule has 0 unspecified atom stereocenters. The van der Waals surface area contributed by atoms with Crippen molar-refractivity contribution in [3.8, 4) is 0 Å². The minimum atomic E-state index is 0.552. The van der Waals surface area contributed by atoms with E-state index in [1.54, 1.807) is 0 Å². The molecule has 0 aliphatic carbocycles. The van der Waals surface area contributed by atoms with Crippen LogP contribution in [0.2, 0.25) is 0 Å². The van der Waals surface area contributed by atoms with E-state index in [0.717, 1.165) is 6.54 Å². The third-order valence-electron chi connectivity index (χ3n) is 1.97. The molecule has 11 heavy (non-hydrogen) atoms. The maximum atomic E-state index is 5.32. The first kappa shape index (κ1) is 8.75. The number of nitrogens with zero attached hydrogens (tertiary/aromatic N) is 1. The Kier molecular flexibility index (Phi) is 2.68. The molecule has 1 rings (SSSR count). The molecule has 0 aromatic carbocycles. The highest BCUT2D eigenvalue weighted by Gasteiger charge is 2.32. The van der Waals surface area contributed by atoms with Crippen LogP contribution in [0.5, 0.6) is 0 Å². The van der Waals surface area contributed by atoms with E-state index in [9.17, 15) is 0 Å². The van der Waals surface area contributed by atoms with Crippen molar-refractivity contribution in [1.82, 2.24) is 4.90 Å². The summed E-state index contributed by atoms with van der Waals surface area (Å²) in [5, 5.41) is 0. The Labute approximate surface area is 69.1 Å². The highest BCUT2D eigenvalue weighted by atomic mass is 15.2. The summed E-state index contributed by atoms with van der Waals surface area (Å²) in [6.07, 6.45) is 4.17. The first-order chi connectivity index (χ1) is 5.14. The quantitative estimate of drug-likeness (QED) is 0.610. The van der Waals surface area contributed by atoms with Crippen molar-refractivity contribution >= 4 is 0 Å². The standard InChI is InChI=1S/C9H18N2/c1-9(2)7-11(8-9)6-4-3-5-10/h3-4H,5-8,10H2,1-2H3/b4-3+. The summed E-state index contributed by atoms with van der Waals surface area (Å²) >= 11 is 0. The van der Waals surface area contributed by atoms with Crippen LogP contribution in [-0.2, 0) is 0 Å². The molecule has 1 saturated heterocycles. The average molecular weight is 154 g/mol. The van der Waals surface area contributed by atoms with Crippen LogP contribution in [0.4, 0.5) is 0 Å². The second-order valence-electron chi connectivity index (χ2n) is 4.04. The average Bonchev–Trinajstić information content (AvgIpc) is 1.84. The highest BCUT2D eigenvalue weighted by molar-refractivity contribution is 4.93. The molecule has 0 aromatic heterocycles. The lowest BCUT2D eigenvalue weighted by Crippen LogP contribution is -2.52. The molecule has 0 atom stereocenters. The van der Waals surface area contributed by atoms with E-state index in [1.807, 2.05) is 6.08 Å². The van der Waals surface area contributed by atoms with Gasteiger partial charge in [-0.05, 0) is 5.41 Å². The molecule has 2 N–H and O–H groups in total. The van der Waals surface area contributed by atoms with Gasteiger partial charge in [0.1, 0.15) is 0 Å². The van der Waals surface area contributed by atoms with E-state index in [-0.39, 0.29) is 0 Å². The van der Waals surface area contributed by atoms with Crippen LogP contribution < -0.4 is 5.73 Å². The van der Waals surface area contributed by atoms with Crippen molar-refractivity contribution < 1.29 is 0 Å². The van der Waals surface area contributed by atoms with E-state index in [2.05, 4.69) is 24.8 Å². The topological polar surface area (TPSA) is 29.3 Å². The molecule has 0 bridgehead atoms. The Morgan fingerprint density at radius 1 is 1.36 bits per heavy atom. The zero-order chi connectivity index (χ0) is 8.32. The van der Waals surface area contributed by atoms with Crippen LogP contribution in [0, 0.1) is 5.41 Å². The first-order valence-electron chi connectivity index (χ1n) is 4.21. The second-order valence-corrected chi connectivity index (χ2v) is 4.04. The summed E-state index contributed by atoms with van der Waals surface area (Å²) < 4.78 is 0. The third-order valence-corrected chi connectivity index (χ3v) is 1.97. The molecule has 1 aliphatic rings. The number of hydrogen-bond donors (Lipinski definition) is 1. The molecule has 0 radical (unpaired) electrons. The number of nitrogens with two attached hydrogens (primary N) is 1. The molecule has 1 fully saturated rings. The van der Waals surface area contributed by atoms with Gasteiger partial charge in [-0.15, -0.1) is 0 Å². The molecule has 64 valence electrons. The number of likely N-dealkylation sites (tertiary alicyclic amines) is 1. The Hall–Kier alpha value is -0.340. The molecular weight excluding hydrogens is 136 g/mol. The fraction of sp³-hybridized carbons (Fsp3) is 0.778. The van der Waals surface area contributed by atoms with Crippen LogP contribution in [0.25, 0.3) is 0 Å². The Morgan fingerprint density at radius 3 is 2.45 bits per heavy atom. The van der Waals surface area contributed by atoms with Crippen molar-refractivity contribution in [2.45, 2.75) is 13.8 Å². The minimum Gasteiger partial charge on any atom is -0.327 e. The smallest absolute Gasteiger partial charge is 0.0164 e. The molecule has 0 saturated carbocycles. The van der Waals surface area contributed by atoms with E-state index in [1.165, 1.54) is 13.1 Å². The van der Waals surface area contributed by atoms with Crippen LogP contribution in [-0.4, -0.2) is 31.1 Å². The van der Waals surface area contributed by atoms with E-state index < -0.39 is 0 Å². The van der Waals surface area contributed by atoms with Crippen LogP contribution in [0.1, 0.15) is 13.8 Å². The van der Waals surface area contributed by atoms with Gasteiger partial charge in [-0.2, -0.15) is 0 Å². The summed E-state index contributed by atoms with van der Waals surface area (Å²) in [5.41, 5.74) is 5.87. The largest absolute Gasteiger partial charge is 0.327 e. The number of rotatable bonds is 3. The fourth-order valence-electron chi connectivity index (χ4n) is 1.61. The van der Waals surface area contributed by atoms with Crippen molar-refractivity contribution in [3.05, 3.63) is 12.2 Å². The molecular formula is C9H18N2. The SMILES string of the molecule is CC1(C)CN(C/C=C/CN)C1. The molecule has 0 amide bonds. The molecule has 1 aliphatic heterocycles. The zero-order valence-corrected chi connectivity index (χ0v) is 7.51. The van der Waals surface area contributed by atoms with Gasteiger partial charge in [0.25, 0.3) is 0 Å². The van der Waals surface area contributed by atoms with Crippen LogP contribution in [0.3, 0.4) is 0 Å². The van der Waals surface area contributed by atoms with E-state index in [0.29, 0.717) is 12.0 Å². The third kappa shape index (κ3) is 2.64. The van der Waals surface area contributed by atoms with Gasteiger partial charge in [0, 0.05) is 26.2 Å². The minimum absolute atomic E-state index is 0.552. The van der Waals surface area contributed by atoms with Gasteiger partial charge >= 0.3 is 0 Å². The Bertz CT molecular complexity index is 142. The highest BCUT2D eigenvalue weighted by Crippen LogP contribution is 2.27. The first-order valence-corrected chi connectivity index (χ1v) is 4.21. The summed E-state index contributed by atoms with van der Waals surface area (Å²) in [4.78, 5) is 2.42. The molecule has 1 heterocycles. The van der Waals surface area contributed by atoms with E-state index in [4.69, 9.17) is 5.73 Å². The number of hydrogen-bond acceptors (Lipinski definition) is 2. The lowest BCUT2D eigenvalue weighted by Gasteiger charge is -2.45. The lowest BCUT2D eigenvalue weighted by atomic mass is 9.84. The summed E-state index contributed by atoms with van der Waals surface area (Å²) in [6, 6.07) is 0. The lowest BCUT2D eigenvalue weighted by molar-refractivity contribution is 0.0423. The molecule has 2 heteroatoms.